The van der Waals surface area contributed by atoms with Gasteiger partial charge in [0.1, 0.15) is 0 Å². The molecular formula is C7H9Cl2O3P. The van der Waals surface area contributed by atoms with E-state index in [-0.39, 0.29) is 6.16 Å². The van der Waals surface area contributed by atoms with Crippen molar-refractivity contribution in [2.45, 2.75) is 6.16 Å². The summed E-state index contributed by atoms with van der Waals surface area (Å²) in [6.07, 6.45) is -0.219. The van der Waals surface area contributed by atoms with Crippen molar-refractivity contribution in [2.24, 2.45) is 0 Å². The standard InChI is InChI=1S/C7H9Cl2O3P/c8-6-2-1-5(7(9)3-6)4-13(10,11)12/h1-3,10-13H,4H2. The summed E-state index contributed by atoms with van der Waals surface area (Å²) in [7, 11) is -4.07. The first-order valence-electron chi connectivity index (χ1n) is 3.49. The molecule has 3 nitrogen and oxygen atoms in total. The molecule has 0 bridgehead atoms. The summed E-state index contributed by atoms with van der Waals surface area (Å²) >= 11 is 11.4. The van der Waals surface area contributed by atoms with E-state index in [1.165, 1.54) is 6.07 Å². The minimum atomic E-state index is -4.07. The molecule has 0 saturated carbocycles. The predicted octanol–water partition coefficient (Wildman–Crippen LogP) is 1.97. The minimum absolute atomic E-state index is 0.219. The van der Waals surface area contributed by atoms with Crippen LogP contribution < -0.4 is 0 Å². The molecule has 0 fully saturated rings. The van der Waals surface area contributed by atoms with Crippen LogP contribution in [-0.4, -0.2) is 14.7 Å². The van der Waals surface area contributed by atoms with Gasteiger partial charge in [0, 0.05) is 0 Å². The van der Waals surface area contributed by atoms with E-state index in [2.05, 4.69) is 0 Å². The van der Waals surface area contributed by atoms with Crippen LogP contribution in [-0.2, 0) is 6.16 Å². The fourth-order valence-electron chi connectivity index (χ4n) is 0.921. The van der Waals surface area contributed by atoms with Crippen molar-refractivity contribution in [3.8, 4) is 0 Å². The van der Waals surface area contributed by atoms with Gasteiger partial charge in [-0.1, -0.05) is 0 Å². The third-order valence-corrected chi connectivity index (χ3v) is 2.88. The first kappa shape index (κ1) is 11.2. The Kier molecular flexibility index (Phi) is 3.52. The van der Waals surface area contributed by atoms with Crippen LogP contribution in [0.2, 0.25) is 10.0 Å². The average Bonchev–Trinajstić information content (AvgIpc) is 1.93. The zero-order valence-corrected chi connectivity index (χ0v) is 9.05. The maximum atomic E-state index is 8.82. The molecule has 1 rings (SSSR count). The third-order valence-electron chi connectivity index (χ3n) is 1.44. The number of hydrogen-bond donors (Lipinski definition) is 3. The van der Waals surface area contributed by atoms with Crippen LogP contribution >= 0.6 is 31.1 Å². The van der Waals surface area contributed by atoms with Gasteiger partial charge in [0.05, 0.1) is 0 Å². The van der Waals surface area contributed by atoms with Crippen LogP contribution in [0, 0.1) is 0 Å². The summed E-state index contributed by atoms with van der Waals surface area (Å²) in [6.45, 7) is 0. The second kappa shape index (κ2) is 4.09. The van der Waals surface area contributed by atoms with E-state index in [4.69, 9.17) is 37.9 Å². The normalized spacial score (nSPS) is 13.0. The fourth-order valence-corrected chi connectivity index (χ4v) is 2.33. The molecule has 0 aliphatic rings. The van der Waals surface area contributed by atoms with Gasteiger partial charge in [-0.05, 0) is 0 Å². The van der Waals surface area contributed by atoms with Crippen molar-refractivity contribution < 1.29 is 14.7 Å². The number of hydrogen-bond acceptors (Lipinski definition) is 3. The molecule has 0 aliphatic heterocycles. The van der Waals surface area contributed by atoms with Crippen LogP contribution in [0.3, 0.4) is 0 Å². The van der Waals surface area contributed by atoms with Crippen LogP contribution in [0.15, 0.2) is 18.2 Å². The van der Waals surface area contributed by atoms with Crippen molar-refractivity contribution in [3.05, 3.63) is 33.8 Å². The number of benzene rings is 1. The molecule has 0 radical (unpaired) electrons. The molecule has 0 atom stereocenters. The Morgan fingerprint density at radius 1 is 1.15 bits per heavy atom. The van der Waals surface area contributed by atoms with Gasteiger partial charge in [-0.3, -0.25) is 0 Å². The van der Waals surface area contributed by atoms with E-state index in [1.807, 2.05) is 0 Å². The summed E-state index contributed by atoms with van der Waals surface area (Å²) < 4.78 is 0. The second-order valence-corrected chi connectivity index (χ2v) is 5.43. The van der Waals surface area contributed by atoms with Gasteiger partial charge in [0.2, 0.25) is 0 Å². The molecule has 0 spiro atoms. The Labute approximate surface area is 86.1 Å². The molecule has 0 amide bonds. The van der Waals surface area contributed by atoms with Gasteiger partial charge in [0.25, 0.3) is 0 Å². The van der Waals surface area contributed by atoms with Crippen molar-refractivity contribution >= 4 is 31.1 Å². The van der Waals surface area contributed by atoms with E-state index in [1.54, 1.807) is 12.1 Å². The SMILES string of the molecule is O[PH](O)(O)Cc1ccc(Cl)cc1Cl. The first-order valence-corrected chi connectivity index (χ1v) is 6.30. The number of halogens is 2. The molecule has 0 saturated heterocycles. The molecule has 0 unspecified atom stereocenters. The molecule has 0 heterocycles. The van der Waals surface area contributed by atoms with E-state index in [0.717, 1.165) is 0 Å². The van der Waals surface area contributed by atoms with E-state index >= 15 is 0 Å². The van der Waals surface area contributed by atoms with Crippen molar-refractivity contribution in [1.29, 1.82) is 0 Å². The van der Waals surface area contributed by atoms with Crippen molar-refractivity contribution in [1.82, 2.24) is 0 Å². The van der Waals surface area contributed by atoms with Crippen LogP contribution in [0.1, 0.15) is 5.56 Å². The maximum absolute atomic E-state index is 8.82. The Morgan fingerprint density at radius 3 is 2.23 bits per heavy atom. The Bertz CT molecular complexity index is 311. The Balaban J connectivity index is 2.90. The van der Waals surface area contributed by atoms with E-state index in [9.17, 15) is 0 Å². The van der Waals surface area contributed by atoms with Gasteiger partial charge in [-0.2, -0.15) is 0 Å². The van der Waals surface area contributed by atoms with E-state index in [0.29, 0.717) is 15.6 Å². The summed E-state index contributed by atoms with van der Waals surface area (Å²) in [6, 6.07) is 4.61. The van der Waals surface area contributed by atoms with Gasteiger partial charge in [-0.15, -0.1) is 0 Å². The monoisotopic (exact) mass is 242 g/mol. The molecule has 13 heavy (non-hydrogen) atoms. The topological polar surface area (TPSA) is 60.7 Å². The van der Waals surface area contributed by atoms with E-state index < -0.39 is 7.94 Å². The molecular weight excluding hydrogens is 234 g/mol. The second-order valence-electron chi connectivity index (χ2n) is 2.69. The summed E-state index contributed by atoms with van der Waals surface area (Å²) in [4.78, 5) is 26.5. The molecule has 1 aromatic carbocycles. The van der Waals surface area contributed by atoms with Crippen molar-refractivity contribution in [2.75, 3.05) is 0 Å². The molecule has 6 heteroatoms. The Hall–Kier alpha value is 0.110. The molecule has 1 aromatic rings. The van der Waals surface area contributed by atoms with Gasteiger partial charge in [0.15, 0.2) is 0 Å². The molecule has 0 aliphatic carbocycles. The predicted molar refractivity (Wildman–Crippen MR) is 55.1 cm³/mol. The summed E-state index contributed by atoms with van der Waals surface area (Å²) in [5, 5.41) is 0.788. The molecule has 3 N–H and O–H groups in total. The van der Waals surface area contributed by atoms with Crippen LogP contribution in [0.5, 0.6) is 0 Å². The van der Waals surface area contributed by atoms with Crippen molar-refractivity contribution in [3.63, 3.8) is 0 Å². The van der Waals surface area contributed by atoms with Gasteiger partial charge >= 0.3 is 85.8 Å². The van der Waals surface area contributed by atoms with Gasteiger partial charge in [-0.25, -0.2) is 0 Å². The molecule has 74 valence electrons. The fraction of sp³-hybridized carbons (Fsp3) is 0.143. The molecule has 0 aromatic heterocycles. The number of rotatable bonds is 2. The zero-order valence-electron chi connectivity index (χ0n) is 6.54. The quantitative estimate of drug-likeness (QED) is 0.696. The first-order chi connectivity index (χ1) is 5.88. The van der Waals surface area contributed by atoms with Gasteiger partial charge < -0.3 is 0 Å². The Morgan fingerprint density at radius 2 is 1.77 bits per heavy atom. The summed E-state index contributed by atoms with van der Waals surface area (Å²) in [5.74, 6) is 0. The third kappa shape index (κ3) is 3.77. The van der Waals surface area contributed by atoms with Crippen LogP contribution in [0.25, 0.3) is 0 Å². The average molecular weight is 243 g/mol. The summed E-state index contributed by atoms with van der Waals surface area (Å²) in [5.41, 5.74) is 0.477. The van der Waals surface area contributed by atoms with Crippen LogP contribution in [0.4, 0.5) is 0 Å². The zero-order chi connectivity index (χ0) is 10.1.